The van der Waals surface area contributed by atoms with E-state index in [-0.39, 0.29) is 23.4 Å². The van der Waals surface area contributed by atoms with E-state index >= 15 is 0 Å². The molecule has 0 spiro atoms. The summed E-state index contributed by atoms with van der Waals surface area (Å²) in [6, 6.07) is 3.23. The molecule has 1 unspecified atom stereocenters. The van der Waals surface area contributed by atoms with Gasteiger partial charge >= 0.3 is 5.97 Å². The van der Waals surface area contributed by atoms with Gasteiger partial charge in [0, 0.05) is 17.7 Å². The highest BCUT2D eigenvalue weighted by Crippen LogP contribution is 2.12. The van der Waals surface area contributed by atoms with E-state index in [9.17, 15) is 24.5 Å². The van der Waals surface area contributed by atoms with E-state index in [1.807, 2.05) is 0 Å². The maximum absolute atomic E-state index is 11.8. The summed E-state index contributed by atoms with van der Waals surface area (Å²) in [5, 5.41) is 21.4. The van der Waals surface area contributed by atoms with Crippen LogP contribution in [0.5, 0.6) is 0 Å². The number of nitro benzene ring substituents is 1. The molecule has 0 saturated carbocycles. The Hall–Kier alpha value is -2.42. The number of carboxylic acid groups (broad SMARTS) is 1. The van der Waals surface area contributed by atoms with Crippen LogP contribution in [0.15, 0.2) is 24.3 Å². The number of carboxylic acids is 1. The van der Waals surface area contributed by atoms with Crippen LogP contribution in [0.3, 0.4) is 0 Å². The number of thiol groups is 1. The van der Waals surface area contributed by atoms with Crippen molar-refractivity contribution < 1.29 is 24.4 Å². The predicted octanol–water partition coefficient (Wildman–Crippen LogP) is 0.667. The number of amides is 1. The van der Waals surface area contributed by atoms with Crippen LogP contribution in [0.4, 0.5) is 5.69 Å². The molecule has 0 saturated heterocycles. The standard InChI is InChI=1S/C12H12N2O6S/c15-10(7-1-3-8(4-2-7)14(19)20)11(16)13-9(5-6-21)12(17)18/h1-4,9,21H,5-6H2,(H,13,16)(H,17,18). The molecule has 2 N–H and O–H groups in total. The second kappa shape index (κ2) is 7.39. The molecule has 8 nitrogen and oxygen atoms in total. The first kappa shape index (κ1) is 16.6. The number of nitrogens with one attached hydrogen (secondary N) is 1. The highest BCUT2D eigenvalue weighted by atomic mass is 32.1. The summed E-state index contributed by atoms with van der Waals surface area (Å²) in [6.45, 7) is 0. The van der Waals surface area contributed by atoms with Gasteiger partial charge in [-0.2, -0.15) is 12.6 Å². The molecule has 9 heteroatoms. The van der Waals surface area contributed by atoms with E-state index in [0.717, 1.165) is 24.3 Å². The van der Waals surface area contributed by atoms with Crippen molar-refractivity contribution in [1.29, 1.82) is 0 Å². The molecule has 1 aromatic carbocycles. The van der Waals surface area contributed by atoms with E-state index in [1.54, 1.807) is 0 Å². The lowest BCUT2D eigenvalue weighted by Gasteiger charge is -2.12. The first-order chi connectivity index (χ1) is 9.86. The van der Waals surface area contributed by atoms with Gasteiger partial charge in [-0.05, 0) is 24.3 Å². The van der Waals surface area contributed by atoms with Crippen LogP contribution in [0.2, 0.25) is 0 Å². The molecule has 1 aromatic rings. The van der Waals surface area contributed by atoms with E-state index < -0.39 is 28.6 Å². The van der Waals surface area contributed by atoms with E-state index in [4.69, 9.17) is 5.11 Å². The van der Waals surface area contributed by atoms with Crippen LogP contribution in [-0.4, -0.2) is 39.5 Å². The topological polar surface area (TPSA) is 127 Å². The Labute approximate surface area is 124 Å². The number of hydrogen-bond donors (Lipinski definition) is 3. The lowest BCUT2D eigenvalue weighted by Crippen LogP contribution is -2.44. The molecule has 1 rings (SSSR count). The van der Waals surface area contributed by atoms with Crippen molar-refractivity contribution in [3.8, 4) is 0 Å². The average molecular weight is 312 g/mol. The summed E-state index contributed by atoms with van der Waals surface area (Å²) in [4.78, 5) is 44.2. The molecule has 1 atom stereocenters. The molecule has 0 aliphatic rings. The SMILES string of the molecule is O=C(NC(CCS)C(=O)O)C(=O)c1ccc([N+](=O)[O-])cc1. The Bertz CT molecular complexity index is 572. The average Bonchev–Trinajstić information content (AvgIpc) is 2.45. The smallest absolute Gasteiger partial charge is 0.326 e. The van der Waals surface area contributed by atoms with Crippen molar-refractivity contribution >= 4 is 36.0 Å². The number of rotatable bonds is 7. The van der Waals surface area contributed by atoms with Crippen LogP contribution in [0.1, 0.15) is 16.8 Å². The lowest BCUT2D eigenvalue weighted by molar-refractivity contribution is -0.384. The van der Waals surface area contributed by atoms with Crippen LogP contribution in [0, 0.1) is 10.1 Å². The fraction of sp³-hybridized carbons (Fsp3) is 0.250. The van der Waals surface area contributed by atoms with Gasteiger partial charge in [-0.15, -0.1) is 0 Å². The number of carbonyl (C=O) groups excluding carboxylic acids is 2. The predicted molar refractivity (Wildman–Crippen MR) is 75.5 cm³/mol. The Morgan fingerprint density at radius 1 is 1.29 bits per heavy atom. The Morgan fingerprint density at radius 3 is 2.29 bits per heavy atom. The number of benzene rings is 1. The molecule has 0 radical (unpaired) electrons. The summed E-state index contributed by atoms with van der Waals surface area (Å²) >= 11 is 3.87. The van der Waals surface area contributed by atoms with Crippen molar-refractivity contribution in [2.24, 2.45) is 0 Å². The van der Waals surface area contributed by atoms with Gasteiger partial charge in [0.25, 0.3) is 11.6 Å². The van der Waals surface area contributed by atoms with Crippen LogP contribution < -0.4 is 5.32 Å². The summed E-state index contributed by atoms with van der Waals surface area (Å²) in [5.74, 6) is -3.09. The van der Waals surface area contributed by atoms with Gasteiger partial charge in [0.05, 0.1) is 4.92 Å². The first-order valence-electron chi connectivity index (χ1n) is 5.80. The van der Waals surface area contributed by atoms with E-state index in [0.29, 0.717) is 0 Å². The van der Waals surface area contributed by atoms with Gasteiger partial charge in [0.2, 0.25) is 5.78 Å². The second-order valence-corrected chi connectivity index (χ2v) is 4.46. The molecule has 0 heterocycles. The highest BCUT2D eigenvalue weighted by molar-refractivity contribution is 7.80. The number of ketones is 1. The minimum atomic E-state index is -1.27. The van der Waals surface area contributed by atoms with Crippen LogP contribution in [-0.2, 0) is 9.59 Å². The molecule has 1 amide bonds. The first-order valence-corrected chi connectivity index (χ1v) is 6.43. The molecular formula is C12H12N2O6S. The molecule has 0 aliphatic carbocycles. The number of carbonyl (C=O) groups is 3. The van der Waals surface area contributed by atoms with E-state index in [2.05, 4.69) is 17.9 Å². The highest BCUT2D eigenvalue weighted by Gasteiger charge is 2.24. The van der Waals surface area contributed by atoms with Crippen molar-refractivity contribution in [2.45, 2.75) is 12.5 Å². The molecule has 0 aromatic heterocycles. The Morgan fingerprint density at radius 2 is 1.86 bits per heavy atom. The summed E-state index contributed by atoms with van der Waals surface area (Å²) in [6.07, 6.45) is 0.0672. The molecular weight excluding hydrogens is 300 g/mol. The molecule has 0 aliphatic heterocycles. The number of nitro groups is 1. The minimum Gasteiger partial charge on any atom is -0.480 e. The van der Waals surface area contributed by atoms with Gasteiger partial charge in [-0.3, -0.25) is 19.7 Å². The van der Waals surface area contributed by atoms with Crippen molar-refractivity contribution in [1.82, 2.24) is 5.32 Å². The number of non-ortho nitro benzene ring substituents is 1. The molecule has 0 bridgehead atoms. The zero-order chi connectivity index (χ0) is 16.0. The van der Waals surface area contributed by atoms with Gasteiger partial charge in [0.15, 0.2) is 0 Å². The molecule has 112 valence electrons. The third-order valence-corrected chi connectivity index (χ3v) is 2.83. The number of aliphatic carboxylic acids is 1. The van der Waals surface area contributed by atoms with Crippen molar-refractivity contribution in [3.63, 3.8) is 0 Å². The van der Waals surface area contributed by atoms with Gasteiger partial charge in [0.1, 0.15) is 6.04 Å². The largest absolute Gasteiger partial charge is 0.480 e. The zero-order valence-electron chi connectivity index (χ0n) is 10.7. The summed E-state index contributed by atoms with van der Waals surface area (Å²) in [5.41, 5.74) is -0.279. The summed E-state index contributed by atoms with van der Waals surface area (Å²) in [7, 11) is 0. The van der Waals surface area contributed by atoms with Crippen molar-refractivity contribution in [3.05, 3.63) is 39.9 Å². The van der Waals surface area contributed by atoms with Crippen molar-refractivity contribution in [2.75, 3.05) is 5.75 Å². The Balaban J connectivity index is 2.80. The number of Topliss-reactive ketones (excluding diaryl/α,β-unsaturated/α-hetero) is 1. The summed E-state index contributed by atoms with van der Waals surface area (Å²) < 4.78 is 0. The lowest BCUT2D eigenvalue weighted by atomic mass is 10.1. The zero-order valence-corrected chi connectivity index (χ0v) is 11.6. The van der Waals surface area contributed by atoms with Gasteiger partial charge in [-0.25, -0.2) is 4.79 Å². The Kier molecular flexibility index (Phi) is 5.85. The van der Waals surface area contributed by atoms with Gasteiger partial charge in [-0.1, -0.05) is 0 Å². The monoisotopic (exact) mass is 312 g/mol. The van der Waals surface area contributed by atoms with Crippen LogP contribution >= 0.6 is 12.6 Å². The normalized spacial score (nSPS) is 11.5. The maximum Gasteiger partial charge on any atom is 0.326 e. The third-order valence-electron chi connectivity index (χ3n) is 2.57. The van der Waals surface area contributed by atoms with E-state index in [1.165, 1.54) is 0 Å². The quantitative estimate of drug-likeness (QED) is 0.223. The molecule has 0 fully saturated rings. The maximum atomic E-state index is 11.8. The second-order valence-electron chi connectivity index (χ2n) is 4.01. The van der Waals surface area contributed by atoms with Gasteiger partial charge < -0.3 is 10.4 Å². The minimum absolute atomic E-state index is 0.0619. The molecule has 21 heavy (non-hydrogen) atoms. The fourth-order valence-corrected chi connectivity index (χ4v) is 1.73. The number of nitrogens with zero attached hydrogens (tertiary/aromatic N) is 1. The third kappa shape index (κ3) is 4.56. The number of hydrogen-bond acceptors (Lipinski definition) is 6. The van der Waals surface area contributed by atoms with Crippen LogP contribution in [0.25, 0.3) is 0 Å². The fourth-order valence-electron chi connectivity index (χ4n) is 1.48.